The molecule has 0 saturated heterocycles. The predicted molar refractivity (Wildman–Crippen MR) is 324 cm³/mol. The third-order valence-corrected chi connectivity index (χ3v) is 14.5. The molecule has 1 amide bonds. The maximum Gasteiger partial charge on any atom is 0.228 e. The van der Waals surface area contributed by atoms with Crippen molar-refractivity contribution >= 4 is 41.1 Å². The molecule has 3 aliphatic rings. The Morgan fingerprint density at radius 2 is 1.54 bits per heavy atom. The number of rotatable bonds is 22. The lowest BCUT2D eigenvalue weighted by molar-refractivity contribution is -0.492. The molecule has 76 heavy (non-hydrogen) atoms. The van der Waals surface area contributed by atoms with Crippen LogP contribution in [0.2, 0.25) is 0 Å². The topological polar surface area (TPSA) is 117 Å². The first-order chi connectivity index (χ1) is 36.2. The molecule has 10 nitrogen and oxygen atoms in total. The van der Waals surface area contributed by atoms with E-state index >= 15 is 0 Å². The van der Waals surface area contributed by atoms with Crippen LogP contribution < -0.4 is 15.5 Å². The summed E-state index contributed by atoms with van der Waals surface area (Å²) in [6.45, 7) is 34.9. The quantitative estimate of drug-likeness (QED) is 0.0581. The van der Waals surface area contributed by atoms with Crippen molar-refractivity contribution in [2.75, 3.05) is 44.0 Å². The van der Waals surface area contributed by atoms with Crippen LogP contribution in [-0.4, -0.2) is 72.5 Å². The van der Waals surface area contributed by atoms with Gasteiger partial charge in [-0.1, -0.05) is 139 Å². The molecular weight excluding hydrogens is 941 g/mol. The van der Waals surface area contributed by atoms with Crippen LogP contribution in [0.1, 0.15) is 229 Å². The summed E-state index contributed by atoms with van der Waals surface area (Å²) in [5.74, 6) is 5.78. The van der Waals surface area contributed by atoms with Crippen LogP contribution in [0.3, 0.4) is 0 Å². The summed E-state index contributed by atoms with van der Waals surface area (Å²) in [7, 11) is 3.67. The zero-order valence-corrected chi connectivity index (χ0v) is 51.1. The molecule has 4 heterocycles. The van der Waals surface area contributed by atoms with E-state index in [0.717, 1.165) is 96.2 Å². The number of allylic oxidation sites excluding steroid dienone is 2. The molecular formula is C66H107N6O4+. The Morgan fingerprint density at radius 1 is 0.842 bits per heavy atom. The number of aryl methyl sites for hydroxylation is 4. The second-order valence-corrected chi connectivity index (χ2v) is 22.7. The van der Waals surface area contributed by atoms with Crippen LogP contribution in [0.4, 0.5) is 11.4 Å². The number of hydrogen-bond donors (Lipinski definition) is 2. The molecule has 2 aromatic heterocycles. The fraction of sp³-hybridized carbons (Fsp3) is 0.636. The third-order valence-electron chi connectivity index (χ3n) is 14.5. The SMILES string of the molecule is CC/C=C1/Nc2ccc(C)cc2N1CC1CCC(COC2=C(c3cc(C(C)=O)cc(C)n3)C=[N+](C)CC2)C1.CCCC.CCCC(C)CCC(C)C.CCCCC(C)C.CNC(=O)C(CCC=O)c1ccc(C)c(C)n1. The lowest BCUT2D eigenvalue weighted by Crippen LogP contribution is -2.27. The number of unbranched alkanes of at least 4 members (excludes halogenated alkanes) is 2. The number of fused-ring (bicyclic) bond motifs is 1. The summed E-state index contributed by atoms with van der Waals surface area (Å²) < 4.78 is 8.71. The minimum absolute atomic E-state index is 0.0592. The maximum absolute atomic E-state index is 12.1. The fourth-order valence-corrected chi connectivity index (χ4v) is 9.50. The summed E-state index contributed by atoms with van der Waals surface area (Å²) in [5.41, 5.74) is 9.94. The van der Waals surface area contributed by atoms with Gasteiger partial charge in [-0.15, -0.1) is 0 Å². The highest BCUT2D eigenvalue weighted by molar-refractivity contribution is 6.08. The van der Waals surface area contributed by atoms with Gasteiger partial charge in [0.1, 0.15) is 37.0 Å². The Bertz CT molecular complexity index is 2290. The molecule has 0 radical (unpaired) electrons. The van der Waals surface area contributed by atoms with E-state index in [2.05, 4.69) is 139 Å². The second-order valence-electron chi connectivity index (χ2n) is 22.7. The Labute approximate surface area is 463 Å². The highest BCUT2D eigenvalue weighted by atomic mass is 16.5. The van der Waals surface area contributed by atoms with Gasteiger partial charge in [-0.05, 0) is 144 Å². The number of aromatic nitrogens is 2. The predicted octanol–water partition coefficient (Wildman–Crippen LogP) is 16.4. The van der Waals surface area contributed by atoms with Crippen molar-refractivity contribution in [3.63, 3.8) is 0 Å². The van der Waals surface area contributed by atoms with Crippen LogP contribution in [0, 0.1) is 57.3 Å². The van der Waals surface area contributed by atoms with Crippen molar-refractivity contribution in [2.24, 2.45) is 29.6 Å². The molecule has 1 saturated carbocycles. The average Bonchev–Trinajstić information content (AvgIpc) is 3.99. The van der Waals surface area contributed by atoms with Gasteiger partial charge in [-0.2, -0.15) is 0 Å². The largest absolute Gasteiger partial charge is 0.496 e. The molecule has 6 rings (SSSR count). The molecule has 1 aliphatic carbocycles. The van der Waals surface area contributed by atoms with Crippen molar-refractivity contribution in [1.29, 1.82) is 0 Å². The van der Waals surface area contributed by atoms with Gasteiger partial charge in [-0.3, -0.25) is 19.6 Å². The van der Waals surface area contributed by atoms with E-state index in [-0.39, 0.29) is 17.6 Å². The number of benzene rings is 1. The molecule has 4 atom stereocenters. The molecule has 3 aromatic rings. The number of nitrogens with zero attached hydrogens (tertiary/aromatic N) is 4. The molecule has 424 valence electrons. The van der Waals surface area contributed by atoms with Crippen LogP contribution in [0.5, 0.6) is 0 Å². The van der Waals surface area contributed by atoms with E-state index in [4.69, 9.17) is 9.72 Å². The first kappa shape index (κ1) is 67.0. The number of ketones is 1. The third kappa shape index (κ3) is 24.5. The molecule has 2 aliphatic heterocycles. The van der Waals surface area contributed by atoms with Gasteiger partial charge in [0.05, 0.1) is 41.7 Å². The van der Waals surface area contributed by atoms with Crippen LogP contribution >= 0.6 is 0 Å². The number of carbonyl (C=O) groups is 3. The molecule has 10 heteroatoms. The number of anilines is 2. The van der Waals surface area contributed by atoms with Gasteiger partial charge in [0.15, 0.2) is 12.0 Å². The van der Waals surface area contributed by atoms with Crippen molar-refractivity contribution in [3.8, 4) is 0 Å². The molecule has 1 aromatic carbocycles. The zero-order chi connectivity index (χ0) is 56.7. The first-order valence-electron chi connectivity index (χ1n) is 29.6. The number of hydrogen-bond acceptors (Lipinski definition) is 8. The number of carbonyl (C=O) groups excluding carboxylic acids is 3. The summed E-state index contributed by atoms with van der Waals surface area (Å²) in [5, 5.41) is 6.24. The van der Waals surface area contributed by atoms with E-state index in [1.54, 1.807) is 14.0 Å². The minimum atomic E-state index is -0.343. The summed E-state index contributed by atoms with van der Waals surface area (Å²) in [6.07, 6.45) is 23.9. The molecule has 0 spiro atoms. The van der Waals surface area contributed by atoms with Crippen LogP contribution in [0.25, 0.3) is 5.57 Å². The van der Waals surface area contributed by atoms with E-state index < -0.39 is 0 Å². The van der Waals surface area contributed by atoms with Gasteiger partial charge < -0.3 is 25.1 Å². The average molecular weight is 1050 g/mol. The number of nitrogens with one attached hydrogen (secondary N) is 2. The van der Waals surface area contributed by atoms with Crippen molar-refractivity contribution in [1.82, 2.24) is 15.3 Å². The number of aldehydes is 1. The van der Waals surface area contributed by atoms with Crippen molar-refractivity contribution in [3.05, 3.63) is 99.6 Å². The lowest BCUT2D eigenvalue weighted by atomic mass is 9.96. The molecule has 1 fully saturated rings. The van der Waals surface area contributed by atoms with Gasteiger partial charge in [-0.25, -0.2) is 4.58 Å². The maximum atomic E-state index is 12.1. The smallest absolute Gasteiger partial charge is 0.228 e. The number of amides is 1. The van der Waals surface area contributed by atoms with Crippen molar-refractivity contribution < 1.29 is 23.7 Å². The van der Waals surface area contributed by atoms with E-state index in [9.17, 15) is 14.4 Å². The highest BCUT2D eigenvalue weighted by Gasteiger charge is 2.32. The Balaban J connectivity index is 0.000000426. The van der Waals surface area contributed by atoms with E-state index in [1.807, 2.05) is 45.0 Å². The van der Waals surface area contributed by atoms with E-state index in [0.29, 0.717) is 30.2 Å². The van der Waals surface area contributed by atoms with Crippen LogP contribution in [0.15, 0.2) is 60.1 Å². The summed E-state index contributed by atoms with van der Waals surface area (Å²) in [4.78, 5) is 45.9. The number of pyridine rings is 2. The number of likely N-dealkylation sites (N-methyl/N-ethyl adjacent to an activating group) is 1. The molecule has 0 bridgehead atoms. The van der Waals surface area contributed by atoms with Crippen LogP contribution in [-0.2, 0) is 14.3 Å². The zero-order valence-electron chi connectivity index (χ0n) is 51.1. The Kier molecular flexibility index (Phi) is 32.5. The minimum Gasteiger partial charge on any atom is -0.496 e. The summed E-state index contributed by atoms with van der Waals surface area (Å²) in [6, 6.07) is 14.2. The van der Waals surface area contributed by atoms with E-state index in [1.165, 1.54) is 99.8 Å². The second kappa shape index (κ2) is 36.8. The van der Waals surface area contributed by atoms with Crippen molar-refractivity contribution in [2.45, 2.75) is 213 Å². The van der Waals surface area contributed by atoms with Gasteiger partial charge >= 0.3 is 0 Å². The molecule has 4 unspecified atom stereocenters. The number of Topliss-reactive ketones (excluding diaryl/α,β-unsaturated/α-hetero) is 1. The lowest BCUT2D eigenvalue weighted by Gasteiger charge is -2.24. The molecule has 2 N–H and O–H groups in total. The highest BCUT2D eigenvalue weighted by Crippen LogP contribution is 2.41. The Morgan fingerprint density at radius 3 is 2.12 bits per heavy atom. The standard InChI is InChI=1S/C32H41N4O2.C13H18N2O2.C10H22.C7H16.C4H10/c1-6-7-32-34-28-11-8-21(2)14-30(28)36(32)18-24-9-10-25(16-24)20-38-31-12-13-35(5)19-27(31)29-17-26(23(4)37)15-22(3)33-29;1-9-6-7-12(15-10(9)2)11(5-4-8-16)13(17)14-3;1-5-6-10(4)8-7-9(2)3;1-4-5-6-7(2)3;1-3-4-2/h7-8,11,14-15,17,19,24-25,34H,6,9-10,12-13,16,18,20H2,1-5H3;6-8,11H,4-5H2,1-3H3,(H,14,17);9-10H,5-8H2,1-4H3;7H,4-6H2,1-3H3;3-4H2,1-2H3/q+1;;;;/b32-7-;;;;. The normalized spacial score (nSPS) is 16.9. The van der Waals surface area contributed by atoms with Gasteiger partial charge in [0.2, 0.25) is 5.91 Å². The summed E-state index contributed by atoms with van der Waals surface area (Å²) >= 11 is 0. The monoisotopic (exact) mass is 1050 g/mol. The van der Waals surface area contributed by atoms with Gasteiger partial charge in [0.25, 0.3) is 0 Å². The first-order valence-corrected chi connectivity index (χ1v) is 29.6. The Hall–Kier alpha value is -5.12. The van der Waals surface area contributed by atoms with Gasteiger partial charge in [0, 0.05) is 37.0 Å². The fourth-order valence-electron chi connectivity index (χ4n) is 9.50. The number of ether oxygens (including phenoxy) is 1.